The van der Waals surface area contributed by atoms with Gasteiger partial charge >= 0.3 is 5.97 Å². The third-order valence-corrected chi connectivity index (χ3v) is 3.01. The Kier molecular flexibility index (Phi) is 4.54. The van der Waals surface area contributed by atoms with Crippen molar-refractivity contribution in [3.63, 3.8) is 0 Å². The molecule has 2 rings (SSSR count). The van der Waals surface area contributed by atoms with Gasteiger partial charge in [-0.25, -0.2) is 0 Å². The van der Waals surface area contributed by atoms with Gasteiger partial charge in [-0.3, -0.25) is 4.79 Å². The standard InChI is InChI=1S/C13H17NO2.ClH/c1-14(2)8-9-3-5-10(6-4-9)11-7-12(11)13(15)16;/h3-6,11-12H,7-8H2,1-2H3,(H,15,16);1H. The number of rotatable bonds is 4. The number of carbonyl (C=O) groups is 1. The third-order valence-electron chi connectivity index (χ3n) is 3.01. The number of hydrogen-bond donors (Lipinski definition) is 1. The number of carboxylic acid groups (broad SMARTS) is 1. The van der Waals surface area contributed by atoms with Crippen LogP contribution in [0.25, 0.3) is 0 Å². The number of nitrogens with zero attached hydrogens (tertiary/aromatic N) is 1. The van der Waals surface area contributed by atoms with Gasteiger partial charge in [0.25, 0.3) is 0 Å². The highest BCUT2D eigenvalue weighted by Gasteiger charge is 2.43. The van der Waals surface area contributed by atoms with Crippen molar-refractivity contribution in [3.8, 4) is 0 Å². The molecule has 1 aromatic rings. The molecule has 1 aliphatic rings. The van der Waals surface area contributed by atoms with Gasteiger partial charge in [0.05, 0.1) is 5.92 Å². The highest BCUT2D eigenvalue weighted by Crippen LogP contribution is 2.47. The van der Waals surface area contributed by atoms with Crippen LogP contribution in [-0.2, 0) is 11.3 Å². The van der Waals surface area contributed by atoms with E-state index in [0.717, 1.165) is 18.5 Å². The molecule has 1 saturated carbocycles. The smallest absolute Gasteiger partial charge is 0.307 e. The Hall–Kier alpha value is -1.06. The van der Waals surface area contributed by atoms with Gasteiger partial charge in [-0.1, -0.05) is 24.3 Å². The Morgan fingerprint density at radius 2 is 1.94 bits per heavy atom. The van der Waals surface area contributed by atoms with Gasteiger partial charge in [-0.15, -0.1) is 12.4 Å². The molecule has 1 aromatic carbocycles. The van der Waals surface area contributed by atoms with Crippen LogP contribution in [0, 0.1) is 5.92 Å². The minimum absolute atomic E-state index is 0. The molecule has 4 heteroatoms. The lowest BCUT2D eigenvalue weighted by atomic mass is 10.1. The van der Waals surface area contributed by atoms with E-state index in [1.807, 2.05) is 14.1 Å². The van der Waals surface area contributed by atoms with Crippen LogP contribution in [0.4, 0.5) is 0 Å². The predicted molar refractivity (Wildman–Crippen MR) is 69.6 cm³/mol. The molecule has 94 valence electrons. The third kappa shape index (κ3) is 3.45. The molecule has 2 unspecified atom stereocenters. The zero-order chi connectivity index (χ0) is 11.7. The van der Waals surface area contributed by atoms with Crippen molar-refractivity contribution in [1.29, 1.82) is 0 Å². The van der Waals surface area contributed by atoms with Crippen LogP contribution in [0.2, 0.25) is 0 Å². The van der Waals surface area contributed by atoms with E-state index in [1.165, 1.54) is 5.56 Å². The lowest BCUT2D eigenvalue weighted by Gasteiger charge is -2.09. The maximum atomic E-state index is 10.8. The molecule has 0 aliphatic heterocycles. The SMILES string of the molecule is CN(C)Cc1ccc(C2CC2C(=O)O)cc1.Cl. The lowest BCUT2D eigenvalue weighted by molar-refractivity contribution is -0.138. The van der Waals surface area contributed by atoms with E-state index in [1.54, 1.807) is 0 Å². The summed E-state index contributed by atoms with van der Waals surface area (Å²) in [6.45, 7) is 0.924. The average molecular weight is 256 g/mol. The fourth-order valence-corrected chi connectivity index (χ4v) is 2.07. The second-order valence-corrected chi connectivity index (χ2v) is 4.77. The molecule has 1 fully saturated rings. The molecular weight excluding hydrogens is 238 g/mol. The van der Waals surface area contributed by atoms with E-state index in [2.05, 4.69) is 29.2 Å². The van der Waals surface area contributed by atoms with E-state index in [-0.39, 0.29) is 24.2 Å². The Labute approximate surface area is 108 Å². The first-order valence-corrected chi connectivity index (χ1v) is 5.54. The molecular formula is C13H18ClNO2. The van der Waals surface area contributed by atoms with Crippen LogP contribution in [-0.4, -0.2) is 30.1 Å². The van der Waals surface area contributed by atoms with Gasteiger partial charge in [-0.2, -0.15) is 0 Å². The first kappa shape index (κ1) is 14.0. The topological polar surface area (TPSA) is 40.5 Å². The zero-order valence-corrected chi connectivity index (χ0v) is 10.9. The van der Waals surface area contributed by atoms with Crippen LogP contribution in [0.1, 0.15) is 23.5 Å². The van der Waals surface area contributed by atoms with Crippen LogP contribution in [0.3, 0.4) is 0 Å². The van der Waals surface area contributed by atoms with Crippen molar-refractivity contribution in [1.82, 2.24) is 4.90 Å². The molecule has 0 amide bonds. The molecule has 2 atom stereocenters. The first-order valence-electron chi connectivity index (χ1n) is 5.54. The van der Waals surface area contributed by atoms with E-state index in [9.17, 15) is 4.79 Å². The van der Waals surface area contributed by atoms with Gasteiger partial charge in [-0.05, 0) is 37.6 Å². The van der Waals surface area contributed by atoms with Crippen molar-refractivity contribution >= 4 is 18.4 Å². The Bertz CT molecular complexity index is 389. The summed E-state index contributed by atoms with van der Waals surface area (Å²) in [5.41, 5.74) is 2.43. The Balaban J connectivity index is 0.00000144. The van der Waals surface area contributed by atoms with Crippen LogP contribution in [0.15, 0.2) is 24.3 Å². The largest absolute Gasteiger partial charge is 0.481 e. The number of halogens is 1. The summed E-state index contributed by atoms with van der Waals surface area (Å²) in [5.74, 6) is -0.576. The number of hydrogen-bond acceptors (Lipinski definition) is 2. The molecule has 0 bridgehead atoms. The van der Waals surface area contributed by atoms with E-state index in [4.69, 9.17) is 5.11 Å². The van der Waals surface area contributed by atoms with Gasteiger partial charge in [0.2, 0.25) is 0 Å². The maximum absolute atomic E-state index is 10.8. The van der Waals surface area contributed by atoms with Crippen molar-refractivity contribution in [2.75, 3.05) is 14.1 Å². The molecule has 0 heterocycles. The Morgan fingerprint density at radius 1 is 1.35 bits per heavy atom. The first-order chi connectivity index (χ1) is 7.58. The number of aliphatic carboxylic acids is 1. The van der Waals surface area contributed by atoms with E-state index < -0.39 is 5.97 Å². The van der Waals surface area contributed by atoms with Crippen molar-refractivity contribution in [2.24, 2.45) is 5.92 Å². The van der Waals surface area contributed by atoms with Crippen molar-refractivity contribution in [3.05, 3.63) is 35.4 Å². The van der Waals surface area contributed by atoms with Crippen LogP contribution in [0.5, 0.6) is 0 Å². The molecule has 0 aromatic heterocycles. The summed E-state index contributed by atoms with van der Waals surface area (Å²) in [6, 6.07) is 8.30. The fourth-order valence-electron chi connectivity index (χ4n) is 2.07. The minimum atomic E-state index is -0.664. The summed E-state index contributed by atoms with van der Waals surface area (Å²) < 4.78 is 0. The molecule has 0 spiro atoms. The normalized spacial score (nSPS) is 22.1. The summed E-state index contributed by atoms with van der Waals surface area (Å²) in [7, 11) is 4.07. The maximum Gasteiger partial charge on any atom is 0.307 e. The van der Waals surface area contributed by atoms with Crippen LogP contribution < -0.4 is 0 Å². The van der Waals surface area contributed by atoms with Crippen molar-refractivity contribution < 1.29 is 9.90 Å². The summed E-state index contributed by atoms with van der Waals surface area (Å²) >= 11 is 0. The zero-order valence-electron chi connectivity index (χ0n) is 10.1. The molecule has 17 heavy (non-hydrogen) atoms. The number of benzene rings is 1. The number of carboxylic acids is 1. The summed E-state index contributed by atoms with van der Waals surface area (Å²) in [4.78, 5) is 12.9. The fraction of sp³-hybridized carbons (Fsp3) is 0.462. The summed E-state index contributed by atoms with van der Waals surface area (Å²) in [5, 5.41) is 8.85. The summed E-state index contributed by atoms with van der Waals surface area (Å²) in [6.07, 6.45) is 0.794. The second kappa shape index (κ2) is 5.52. The van der Waals surface area contributed by atoms with Gasteiger partial charge in [0, 0.05) is 6.54 Å². The monoisotopic (exact) mass is 255 g/mol. The molecule has 1 aliphatic carbocycles. The van der Waals surface area contributed by atoms with Gasteiger partial charge < -0.3 is 10.0 Å². The molecule has 3 nitrogen and oxygen atoms in total. The molecule has 1 N–H and O–H groups in total. The van der Waals surface area contributed by atoms with Gasteiger partial charge in [0.15, 0.2) is 0 Å². The van der Waals surface area contributed by atoms with Crippen molar-refractivity contribution in [2.45, 2.75) is 18.9 Å². The highest BCUT2D eigenvalue weighted by atomic mass is 35.5. The second-order valence-electron chi connectivity index (χ2n) is 4.77. The van der Waals surface area contributed by atoms with Gasteiger partial charge in [0.1, 0.15) is 0 Å². The van der Waals surface area contributed by atoms with Crippen LogP contribution >= 0.6 is 12.4 Å². The quantitative estimate of drug-likeness (QED) is 0.898. The minimum Gasteiger partial charge on any atom is -0.481 e. The predicted octanol–water partition coefficient (Wildman–Crippen LogP) is 2.36. The highest BCUT2D eigenvalue weighted by molar-refractivity contribution is 5.85. The lowest BCUT2D eigenvalue weighted by Crippen LogP contribution is -2.10. The molecule has 0 radical (unpaired) electrons. The molecule has 0 saturated heterocycles. The van der Waals surface area contributed by atoms with E-state index >= 15 is 0 Å². The Morgan fingerprint density at radius 3 is 2.35 bits per heavy atom. The van der Waals surface area contributed by atoms with E-state index in [0.29, 0.717) is 0 Å². The average Bonchev–Trinajstić information content (AvgIpc) is 2.97.